The van der Waals surface area contributed by atoms with Gasteiger partial charge in [0.15, 0.2) is 9.52 Å². The molecule has 0 saturated heterocycles. The van der Waals surface area contributed by atoms with E-state index in [1.807, 2.05) is 24.3 Å². The molecule has 0 aliphatic heterocycles. The lowest BCUT2D eigenvalue weighted by atomic mass is 10.3. The third-order valence-electron chi connectivity index (χ3n) is 1.39. The van der Waals surface area contributed by atoms with Gasteiger partial charge in [-0.3, -0.25) is 0 Å². The summed E-state index contributed by atoms with van der Waals surface area (Å²) in [5.41, 5.74) is 0. The van der Waals surface area contributed by atoms with Gasteiger partial charge in [0.2, 0.25) is 0 Å². The first-order chi connectivity index (χ1) is 5.72. The maximum Gasteiger partial charge on any atom is 0.172 e. The summed E-state index contributed by atoms with van der Waals surface area (Å²) in [6.07, 6.45) is 0. The molecule has 0 aromatic heterocycles. The number of methoxy groups -OCH3 is 1. The van der Waals surface area contributed by atoms with Gasteiger partial charge in [-0.1, -0.05) is 17.3 Å². The Balaban J connectivity index is 2.79. The molecule has 0 saturated carbocycles. The van der Waals surface area contributed by atoms with Crippen LogP contribution < -0.4 is 9.92 Å². The highest BCUT2D eigenvalue weighted by molar-refractivity contribution is 6.83. The molecule has 0 bridgehead atoms. The molecule has 62 valence electrons. The Hall–Kier alpha value is -1.09. The van der Waals surface area contributed by atoms with Crippen LogP contribution in [0, 0.1) is 0 Å². The van der Waals surface area contributed by atoms with E-state index in [1.54, 1.807) is 14.0 Å². The van der Waals surface area contributed by atoms with Crippen LogP contribution in [-0.4, -0.2) is 22.0 Å². The minimum Gasteiger partial charge on any atom is -0.497 e. The summed E-state index contributed by atoms with van der Waals surface area (Å²) >= 11 is 0. The van der Waals surface area contributed by atoms with Crippen molar-refractivity contribution in [1.82, 2.24) is 0 Å². The van der Waals surface area contributed by atoms with Crippen LogP contribution in [0.4, 0.5) is 0 Å². The molecule has 0 aliphatic carbocycles. The summed E-state index contributed by atoms with van der Waals surface area (Å²) in [7, 11) is 1.86. The second-order valence-electron chi connectivity index (χ2n) is 2.41. The minimum absolute atomic E-state index is 0.197. The fourth-order valence-electron chi connectivity index (χ4n) is 0.904. The zero-order valence-corrected chi connectivity index (χ0v) is 8.13. The molecule has 0 atom stereocenters. The molecule has 2 radical (unpaired) electrons. The average Bonchev–Trinajstić information content (AvgIpc) is 2.03. The zero-order chi connectivity index (χ0) is 8.97. The van der Waals surface area contributed by atoms with Crippen LogP contribution in [0.25, 0.3) is 0 Å². The Bertz CT molecular complexity index is 284. The van der Waals surface area contributed by atoms with Gasteiger partial charge in [0.25, 0.3) is 0 Å². The summed E-state index contributed by atoms with van der Waals surface area (Å²) in [6, 6.07) is 7.58. The van der Waals surface area contributed by atoms with Crippen LogP contribution in [0.15, 0.2) is 24.3 Å². The number of rotatable bonds is 3. The van der Waals surface area contributed by atoms with E-state index < -0.39 is 0 Å². The third-order valence-corrected chi connectivity index (χ3v) is 2.34. The van der Waals surface area contributed by atoms with Crippen molar-refractivity contribution >= 4 is 20.1 Å². The van der Waals surface area contributed by atoms with E-state index in [1.165, 1.54) is 0 Å². The summed E-state index contributed by atoms with van der Waals surface area (Å²) < 4.78 is 5.03. The Labute approximate surface area is 74.4 Å². The molecule has 0 aliphatic rings. The van der Waals surface area contributed by atoms with Gasteiger partial charge in [-0.2, -0.15) is 0 Å². The third kappa shape index (κ3) is 2.51. The Morgan fingerprint density at radius 3 is 2.83 bits per heavy atom. The van der Waals surface area contributed by atoms with E-state index in [-0.39, 0.29) is 14.9 Å². The van der Waals surface area contributed by atoms with Crippen LogP contribution in [0.2, 0.25) is 0 Å². The Morgan fingerprint density at radius 1 is 1.50 bits per heavy atom. The maximum absolute atomic E-state index is 10.8. The van der Waals surface area contributed by atoms with Crippen molar-refractivity contribution in [2.75, 3.05) is 7.11 Å². The number of hydrogen-bond donors (Lipinski definition) is 0. The molecule has 0 heterocycles. The molecular formula is C9H10O2Si. The first-order valence-corrected chi connectivity index (χ1v) is 4.64. The van der Waals surface area contributed by atoms with E-state index in [0.717, 1.165) is 10.9 Å². The predicted molar refractivity (Wildman–Crippen MR) is 49.1 cm³/mol. The molecule has 0 amide bonds. The second-order valence-corrected chi connectivity index (χ2v) is 3.94. The smallest absolute Gasteiger partial charge is 0.172 e. The van der Waals surface area contributed by atoms with Gasteiger partial charge in [-0.05, 0) is 19.1 Å². The number of hydrogen-bond acceptors (Lipinski definition) is 2. The fourth-order valence-corrected chi connectivity index (χ4v) is 1.70. The van der Waals surface area contributed by atoms with Crippen molar-refractivity contribution in [2.45, 2.75) is 6.92 Å². The summed E-state index contributed by atoms with van der Waals surface area (Å²) in [4.78, 5) is 10.8. The van der Waals surface area contributed by atoms with Crippen LogP contribution >= 0.6 is 0 Å². The van der Waals surface area contributed by atoms with Gasteiger partial charge in [0, 0.05) is 0 Å². The lowest BCUT2D eigenvalue weighted by Gasteiger charge is -2.00. The molecule has 1 aromatic carbocycles. The Morgan fingerprint density at radius 2 is 2.25 bits per heavy atom. The van der Waals surface area contributed by atoms with E-state index in [2.05, 4.69) is 0 Å². The zero-order valence-electron chi connectivity index (χ0n) is 7.13. The van der Waals surface area contributed by atoms with Crippen LogP contribution in [0.3, 0.4) is 0 Å². The maximum atomic E-state index is 10.8. The van der Waals surface area contributed by atoms with Gasteiger partial charge in [0.1, 0.15) is 11.2 Å². The largest absolute Gasteiger partial charge is 0.497 e. The average molecular weight is 178 g/mol. The first kappa shape index (κ1) is 9.00. The highest BCUT2D eigenvalue weighted by Gasteiger charge is 2.00. The molecule has 3 heteroatoms. The van der Waals surface area contributed by atoms with Crippen LogP contribution in [0.5, 0.6) is 5.75 Å². The highest BCUT2D eigenvalue weighted by atomic mass is 28.2. The van der Waals surface area contributed by atoms with Gasteiger partial charge in [-0.15, -0.1) is 0 Å². The lowest BCUT2D eigenvalue weighted by Crippen LogP contribution is -2.20. The number of carbonyl (C=O) groups excluding carboxylic acids is 1. The molecular weight excluding hydrogens is 168 g/mol. The van der Waals surface area contributed by atoms with E-state index in [4.69, 9.17) is 4.74 Å². The monoisotopic (exact) mass is 178 g/mol. The summed E-state index contributed by atoms with van der Waals surface area (Å²) in [6.45, 7) is 1.60. The second kappa shape index (κ2) is 4.06. The molecule has 0 spiro atoms. The Kier molecular flexibility index (Phi) is 3.05. The van der Waals surface area contributed by atoms with Crippen molar-refractivity contribution in [3.63, 3.8) is 0 Å². The number of ether oxygens (including phenoxy) is 1. The lowest BCUT2D eigenvalue weighted by molar-refractivity contribution is -0.110. The number of benzene rings is 1. The molecule has 1 aromatic rings. The number of carbonyl (C=O) groups is 1. The summed E-state index contributed by atoms with van der Waals surface area (Å²) in [5.74, 6) is 0.807. The molecule has 0 N–H and O–H groups in total. The molecule has 0 unspecified atom stereocenters. The van der Waals surface area contributed by atoms with Gasteiger partial charge in [0.05, 0.1) is 7.11 Å². The standard InChI is InChI=1S/C9H10O2Si/c1-7(10)12-9-5-3-4-8(6-9)11-2/h3-6H,1-2H3. The highest BCUT2D eigenvalue weighted by Crippen LogP contribution is 2.04. The first-order valence-electron chi connectivity index (χ1n) is 3.64. The normalized spacial score (nSPS) is 9.50. The fraction of sp³-hybridized carbons (Fsp3) is 0.222. The topological polar surface area (TPSA) is 26.3 Å². The van der Waals surface area contributed by atoms with Gasteiger partial charge >= 0.3 is 0 Å². The summed E-state index contributed by atoms with van der Waals surface area (Å²) in [5, 5.41) is 1.23. The SMILES string of the molecule is COc1cccc([Si]C(C)=O)c1. The predicted octanol–water partition coefficient (Wildman–Crippen LogP) is 0.571. The van der Waals surface area contributed by atoms with Gasteiger partial charge < -0.3 is 9.53 Å². The molecule has 2 nitrogen and oxygen atoms in total. The van der Waals surface area contributed by atoms with Crippen molar-refractivity contribution in [3.05, 3.63) is 24.3 Å². The van der Waals surface area contributed by atoms with E-state index >= 15 is 0 Å². The minimum atomic E-state index is 0.197. The quantitative estimate of drug-likeness (QED) is 0.633. The van der Waals surface area contributed by atoms with Crippen LogP contribution in [-0.2, 0) is 4.79 Å². The van der Waals surface area contributed by atoms with Crippen molar-refractivity contribution < 1.29 is 9.53 Å². The van der Waals surface area contributed by atoms with E-state index in [0.29, 0.717) is 0 Å². The van der Waals surface area contributed by atoms with Crippen LogP contribution in [0.1, 0.15) is 6.92 Å². The van der Waals surface area contributed by atoms with Crippen molar-refractivity contribution in [1.29, 1.82) is 0 Å². The van der Waals surface area contributed by atoms with E-state index in [9.17, 15) is 4.79 Å². The van der Waals surface area contributed by atoms with Crippen molar-refractivity contribution in [2.24, 2.45) is 0 Å². The molecule has 1 rings (SSSR count). The van der Waals surface area contributed by atoms with Crippen molar-refractivity contribution in [3.8, 4) is 5.75 Å². The van der Waals surface area contributed by atoms with Gasteiger partial charge in [-0.25, -0.2) is 0 Å². The molecule has 12 heavy (non-hydrogen) atoms. The molecule has 0 fully saturated rings.